The first-order valence-electron chi connectivity index (χ1n) is 9.28. The van der Waals surface area contributed by atoms with Gasteiger partial charge in [-0.05, 0) is 79.6 Å². The number of aromatic nitrogens is 2. The van der Waals surface area contributed by atoms with Crippen LogP contribution in [0.4, 0.5) is 0 Å². The zero-order valence-corrected chi connectivity index (χ0v) is 18.4. The van der Waals surface area contributed by atoms with Crippen molar-refractivity contribution in [3.05, 3.63) is 70.2 Å². The number of nitrogens with zero attached hydrogens (tertiary/aromatic N) is 2. The lowest BCUT2D eigenvalue weighted by Gasteiger charge is -2.14. The third-order valence-electron chi connectivity index (χ3n) is 5.19. The van der Waals surface area contributed by atoms with Crippen LogP contribution >= 0.6 is 15.9 Å². The molecule has 4 aromatic rings. The lowest BCUT2D eigenvalue weighted by Crippen LogP contribution is -1.99. The van der Waals surface area contributed by atoms with Crippen LogP contribution in [-0.2, 0) is 0 Å². The molecule has 1 heterocycles. The summed E-state index contributed by atoms with van der Waals surface area (Å²) in [6.07, 6.45) is 0. The van der Waals surface area contributed by atoms with Crippen LogP contribution in [0, 0.1) is 13.8 Å². The third kappa shape index (κ3) is 3.58. The van der Waals surface area contributed by atoms with E-state index in [1.54, 1.807) is 14.2 Å². The lowest BCUT2D eigenvalue weighted by atomic mass is 10.0. The second-order valence-electron chi connectivity index (χ2n) is 6.85. The van der Waals surface area contributed by atoms with Crippen molar-refractivity contribution in [2.24, 2.45) is 0 Å². The van der Waals surface area contributed by atoms with Crippen LogP contribution in [0.5, 0.6) is 11.5 Å². The largest absolute Gasteiger partial charge is 0.497 e. The standard InChI is InChI=1S/C24H21BrN2O2/c1-14-15(2)22-21(13-20(14)25)26-23(16-5-9-18(28-3)10-6-16)24(27-22)17-7-11-19(29-4)12-8-17/h5-13H,1-4H3. The Kier molecular flexibility index (Phi) is 5.24. The van der Waals surface area contributed by atoms with E-state index in [0.717, 1.165) is 55.1 Å². The number of fused-ring (bicyclic) bond motifs is 1. The maximum atomic E-state index is 5.31. The molecule has 0 aliphatic rings. The predicted molar refractivity (Wildman–Crippen MR) is 121 cm³/mol. The molecular weight excluding hydrogens is 428 g/mol. The predicted octanol–water partition coefficient (Wildman–Crippen LogP) is 6.36. The molecule has 146 valence electrons. The summed E-state index contributed by atoms with van der Waals surface area (Å²) in [6.45, 7) is 4.17. The number of halogens is 1. The summed E-state index contributed by atoms with van der Waals surface area (Å²) in [5, 5.41) is 0. The van der Waals surface area contributed by atoms with Crippen molar-refractivity contribution in [2.45, 2.75) is 13.8 Å². The van der Waals surface area contributed by atoms with Gasteiger partial charge in [0.25, 0.3) is 0 Å². The van der Waals surface area contributed by atoms with Crippen LogP contribution in [-0.4, -0.2) is 24.2 Å². The molecule has 3 aromatic carbocycles. The number of benzene rings is 3. The molecule has 0 aliphatic carbocycles. The average molecular weight is 449 g/mol. The number of methoxy groups -OCH3 is 2. The summed E-state index contributed by atoms with van der Waals surface area (Å²) in [5.74, 6) is 1.62. The first kappa shape index (κ1) is 19.4. The van der Waals surface area contributed by atoms with Gasteiger partial charge < -0.3 is 9.47 Å². The van der Waals surface area contributed by atoms with Gasteiger partial charge >= 0.3 is 0 Å². The van der Waals surface area contributed by atoms with Crippen LogP contribution in [0.25, 0.3) is 33.5 Å². The van der Waals surface area contributed by atoms with Gasteiger partial charge in [0.15, 0.2) is 0 Å². The fraction of sp³-hybridized carbons (Fsp3) is 0.167. The SMILES string of the molecule is COc1ccc(-c2nc3cc(Br)c(C)c(C)c3nc2-c2ccc(OC)cc2)cc1. The van der Waals surface area contributed by atoms with Gasteiger partial charge in [0.1, 0.15) is 11.5 Å². The van der Waals surface area contributed by atoms with Crippen molar-refractivity contribution in [1.29, 1.82) is 0 Å². The zero-order chi connectivity index (χ0) is 20.5. The Morgan fingerprint density at radius 1 is 0.690 bits per heavy atom. The number of rotatable bonds is 4. The molecule has 0 radical (unpaired) electrons. The van der Waals surface area contributed by atoms with E-state index in [9.17, 15) is 0 Å². The summed E-state index contributed by atoms with van der Waals surface area (Å²) in [6, 6.07) is 17.9. The fourth-order valence-corrected chi connectivity index (χ4v) is 3.82. The molecule has 4 nitrogen and oxygen atoms in total. The van der Waals surface area contributed by atoms with Crippen molar-refractivity contribution in [2.75, 3.05) is 14.2 Å². The van der Waals surface area contributed by atoms with E-state index in [-0.39, 0.29) is 0 Å². The third-order valence-corrected chi connectivity index (χ3v) is 6.01. The fourth-order valence-electron chi connectivity index (χ4n) is 3.31. The second kappa shape index (κ2) is 7.84. The maximum Gasteiger partial charge on any atom is 0.118 e. The highest BCUT2D eigenvalue weighted by Gasteiger charge is 2.16. The van der Waals surface area contributed by atoms with Crippen LogP contribution in [0.3, 0.4) is 0 Å². The Morgan fingerprint density at radius 2 is 1.17 bits per heavy atom. The molecule has 0 atom stereocenters. The van der Waals surface area contributed by atoms with Crippen molar-refractivity contribution in [1.82, 2.24) is 9.97 Å². The van der Waals surface area contributed by atoms with Crippen LogP contribution < -0.4 is 9.47 Å². The molecule has 0 saturated carbocycles. The summed E-state index contributed by atoms with van der Waals surface area (Å²) >= 11 is 3.65. The maximum absolute atomic E-state index is 5.31. The monoisotopic (exact) mass is 448 g/mol. The highest BCUT2D eigenvalue weighted by atomic mass is 79.9. The Hall–Kier alpha value is -2.92. The van der Waals surface area contributed by atoms with Crippen LogP contribution in [0.2, 0.25) is 0 Å². The van der Waals surface area contributed by atoms with Gasteiger partial charge in [-0.2, -0.15) is 0 Å². The van der Waals surface area contributed by atoms with Crippen LogP contribution in [0.1, 0.15) is 11.1 Å². The molecule has 0 fully saturated rings. The van der Waals surface area contributed by atoms with Crippen LogP contribution in [0.15, 0.2) is 59.1 Å². The second-order valence-corrected chi connectivity index (χ2v) is 7.71. The summed E-state index contributed by atoms with van der Waals surface area (Å²) < 4.78 is 11.6. The molecule has 0 aliphatic heterocycles. The molecule has 0 unspecified atom stereocenters. The molecule has 0 amide bonds. The van der Waals surface area contributed by atoms with E-state index in [0.29, 0.717) is 0 Å². The molecular formula is C24H21BrN2O2. The quantitative estimate of drug-likeness (QED) is 0.364. The normalized spacial score (nSPS) is 10.9. The number of hydrogen-bond donors (Lipinski definition) is 0. The molecule has 5 heteroatoms. The minimum atomic E-state index is 0.808. The molecule has 0 N–H and O–H groups in total. The zero-order valence-electron chi connectivity index (χ0n) is 16.8. The Labute approximate surface area is 178 Å². The van der Waals surface area contributed by atoms with Gasteiger partial charge in [0.05, 0.1) is 36.6 Å². The number of hydrogen-bond acceptors (Lipinski definition) is 4. The smallest absolute Gasteiger partial charge is 0.118 e. The van der Waals surface area contributed by atoms with E-state index >= 15 is 0 Å². The number of ether oxygens (including phenoxy) is 2. The van der Waals surface area contributed by atoms with E-state index in [4.69, 9.17) is 19.4 Å². The first-order valence-corrected chi connectivity index (χ1v) is 10.1. The minimum Gasteiger partial charge on any atom is -0.497 e. The van der Waals surface area contributed by atoms with E-state index in [1.165, 1.54) is 5.56 Å². The van der Waals surface area contributed by atoms with E-state index < -0.39 is 0 Å². The summed E-state index contributed by atoms with van der Waals surface area (Å²) in [7, 11) is 3.33. The van der Waals surface area contributed by atoms with E-state index in [2.05, 4.69) is 29.8 Å². The topological polar surface area (TPSA) is 44.2 Å². The van der Waals surface area contributed by atoms with Gasteiger partial charge in [-0.25, -0.2) is 9.97 Å². The van der Waals surface area contributed by atoms with Crippen molar-refractivity contribution in [3.8, 4) is 34.0 Å². The molecule has 0 saturated heterocycles. The van der Waals surface area contributed by atoms with E-state index in [1.807, 2.05) is 54.6 Å². The molecule has 0 spiro atoms. The summed E-state index contributed by atoms with van der Waals surface area (Å²) in [4.78, 5) is 10.1. The average Bonchev–Trinajstić information content (AvgIpc) is 2.77. The Bertz CT molecular complexity index is 1190. The van der Waals surface area contributed by atoms with Gasteiger partial charge in [-0.3, -0.25) is 0 Å². The summed E-state index contributed by atoms with van der Waals surface area (Å²) in [5.41, 5.74) is 7.72. The van der Waals surface area contributed by atoms with Gasteiger partial charge in [-0.1, -0.05) is 15.9 Å². The Morgan fingerprint density at radius 3 is 1.66 bits per heavy atom. The molecule has 4 rings (SSSR count). The highest BCUT2D eigenvalue weighted by Crippen LogP contribution is 2.35. The molecule has 1 aromatic heterocycles. The van der Waals surface area contributed by atoms with Crippen molar-refractivity contribution in [3.63, 3.8) is 0 Å². The highest BCUT2D eigenvalue weighted by molar-refractivity contribution is 9.10. The Balaban J connectivity index is 2.00. The minimum absolute atomic E-state index is 0.808. The molecule has 0 bridgehead atoms. The first-order chi connectivity index (χ1) is 14.0. The van der Waals surface area contributed by atoms with Gasteiger partial charge in [-0.15, -0.1) is 0 Å². The lowest BCUT2D eigenvalue weighted by molar-refractivity contribution is 0.414. The number of aryl methyl sites for hydroxylation is 1. The molecule has 29 heavy (non-hydrogen) atoms. The van der Waals surface area contributed by atoms with Gasteiger partial charge in [0.2, 0.25) is 0 Å². The van der Waals surface area contributed by atoms with Gasteiger partial charge in [0, 0.05) is 15.6 Å². The van der Waals surface area contributed by atoms with Crippen molar-refractivity contribution < 1.29 is 9.47 Å². The van der Waals surface area contributed by atoms with Crippen molar-refractivity contribution >= 4 is 27.0 Å².